The van der Waals surface area contributed by atoms with E-state index in [2.05, 4.69) is 6.58 Å². The van der Waals surface area contributed by atoms with Crippen LogP contribution < -0.4 is 0 Å². The first-order valence-corrected chi connectivity index (χ1v) is 7.32. The molecule has 0 N–H and O–H groups in total. The largest absolute Gasteiger partial charge is 0.462 e. The topological polar surface area (TPSA) is 71.1 Å². The van der Waals surface area contributed by atoms with Crippen LogP contribution in [0.2, 0.25) is 0 Å². The molecule has 0 aromatic heterocycles. The van der Waals surface area contributed by atoms with Crippen LogP contribution in [-0.4, -0.2) is 61.4 Å². The second-order valence-electron chi connectivity index (χ2n) is 4.50. The lowest BCUT2D eigenvalue weighted by Gasteiger charge is -2.28. The van der Waals surface area contributed by atoms with Gasteiger partial charge in [-0.3, -0.25) is 4.79 Å². The third-order valence-corrected chi connectivity index (χ3v) is 4.31. The SMILES string of the molecule is C=C(C)C(=O)OCCCC(OC)C(=O)C([SiH3])(OC)OC. The number of ketones is 1. The van der Waals surface area contributed by atoms with Crippen LogP contribution in [0.1, 0.15) is 19.8 Å². The smallest absolute Gasteiger partial charge is 0.333 e. The van der Waals surface area contributed by atoms with Crippen LogP contribution in [0.5, 0.6) is 0 Å². The van der Waals surface area contributed by atoms with Crippen molar-refractivity contribution in [2.24, 2.45) is 0 Å². The normalized spacial score (nSPS) is 13.0. The van der Waals surface area contributed by atoms with Gasteiger partial charge in [0.15, 0.2) is 0 Å². The molecule has 7 heteroatoms. The summed E-state index contributed by atoms with van der Waals surface area (Å²) in [6.45, 7) is 5.28. The van der Waals surface area contributed by atoms with Crippen molar-refractivity contribution < 1.29 is 28.5 Å². The van der Waals surface area contributed by atoms with Crippen molar-refractivity contribution in [2.45, 2.75) is 31.3 Å². The van der Waals surface area contributed by atoms with E-state index in [1.165, 1.54) is 21.3 Å². The Bertz CT molecular complexity index is 351. The van der Waals surface area contributed by atoms with Gasteiger partial charge in [-0.15, -0.1) is 0 Å². The molecule has 0 spiro atoms. The summed E-state index contributed by atoms with van der Waals surface area (Å²) in [7, 11) is 4.70. The Morgan fingerprint density at radius 2 is 1.80 bits per heavy atom. The second-order valence-corrected chi connectivity index (χ2v) is 5.82. The van der Waals surface area contributed by atoms with E-state index in [4.69, 9.17) is 18.9 Å². The summed E-state index contributed by atoms with van der Waals surface area (Å²) in [5.41, 5.74) is -0.851. The summed E-state index contributed by atoms with van der Waals surface area (Å²) >= 11 is 0. The van der Waals surface area contributed by atoms with E-state index in [1.54, 1.807) is 6.92 Å². The van der Waals surface area contributed by atoms with Gasteiger partial charge < -0.3 is 18.9 Å². The molecular weight excluding hydrogens is 280 g/mol. The van der Waals surface area contributed by atoms with Crippen LogP contribution in [0.15, 0.2) is 12.2 Å². The van der Waals surface area contributed by atoms with Crippen molar-refractivity contribution in [2.75, 3.05) is 27.9 Å². The minimum atomic E-state index is -1.20. The number of Topliss-reactive ketones (excluding diaryl/α,β-unsaturated/α-hetero) is 1. The quantitative estimate of drug-likeness (QED) is 0.183. The van der Waals surface area contributed by atoms with Crippen LogP contribution in [0.4, 0.5) is 0 Å². The zero-order valence-electron chi connectivity index (χ0n) is 12.9. The molecule has 0 radical (unpaired) electrons. The number of rotatable bonds is 10. The molecule has 20 heavy (non-hydrogen) atoms. The van der Waals surface area contributed by atoms with Crippen molar-refractivity contribution in [3.63, 3.8) is 0 Å². The first-order chi connectivity index (χ1) is 9.32. The van der Waals surface area contributed by atoms with E-state index >= 15 is 0 Å². The Hall–Kier alpha value is -1.02. The van der Waals surface area contributed by atoms with Gasteiger partial charge in [0.1, 0.15) is 6.10 Å². The van der Waals surface area contributed by atoms with Crippen LogP contribution in [-0.2, 0) is 28.5 Å². The lowest BCUT2D eigenvalue weighted by atomic mass is 10.1. The number of methoxy groups -OCH3 is 3. The van der Waals surface area contributed by atoms with Crippen LogP contribution in [0, 0.1) is 0 Å². The fourth-order valence-electron chi connectivity index (χ4n) is 1.49. The Balaban J connectivity index is 4.32. The number of esters is 1. The van der Waals surface area contributed by atoms with Crippen molar-refractivity contribution in [1.29, 1.82) is 0 Å². The fraction of sp³-hybridized carbons (Fsp3) is 0.692. The van der Waals surface area contributed by atoms with Crippen molar-refractivity contribution in [3.8, 4) is 0 Å². The van der Waals surface area contributed by atoms with E-state index in [9.17, 15) is 9.59 Å². The van der Waals surface area contributed by atoms with E-state index in [0.717, 1.165) is 0 Å². The van der Waals surface area contributed by atoms with E-state index in [0.29, 0.717) is 28.7 Å². The number of carbonyl (C=O) groups is 2. The van der Waals surface area contributed by atoms with Gasteiger partial charge in [-0.1, -0.05) is 6.58 Å². The Morgan fingerprint density at radius 3 is 2.20 bits per heavy atom. The molecule has 0 aromatic rings. The van der Waals surface area contributed by atoms with Gasteiger partial charge in [-0.2, -0.15) is 0 Å². The fourth-order valence-corrected chi connectivity index (χ4v) is 1.81. The maximum Gasteiger partial charge on any atom is 0.333 e. The molecule has 0 aromatic carbocycles. The van der Waals surface area contributed by atoms with Gasteiger partial charge in [-0.25, -0.2) is 4.79 Å². The first kappa shape index (κ1) is 19.0. The molecular formula is C13H24O6Si. The molecule has 116 valence electrons. The lowest BCUT2D eigenvalue weighted by Crippen LogP contribution is -2.49. The molecule has 1 unspecified atom stereocenters. The predicted molar refractivity (Wildman–Crippen MR) is 77.5 cm³/mol. The molecule has 6 nitrogen and oxygen atoms in total. The van der Waals surface area contributed by atoms with Crippen LogP contribution >= 0.6 is 0 Å². The number of carbonyl (C=O) groups excluding carboxylic acids is 2. The molecule has 0 saturated heterocycles. The molecule has 0 aliphatic heterocycles. The average molecular weight is 304 g/mol. The summed E-state index contributed by atoms with van der Waals surface area (Å²) in [4.78, 5) is 23.4. The van der Waals surface area contributed by atoms with E-state index in [-0.39, 0.29) is 12.4 Å². The molecule has 0 bridgehead atoms. The summed E-state index contributed by atoms with van der Waals surface area (Å²) < 4.78 is 20.4. The Labute approximate surface area is 122 Å². The maximum absolute atomic E-state index is 12.2. The molecule has 0 aliphatic rings. The molecule has 1 atom stereocenters. The third kappa shape index (κ3) is 5.54. The lowest BCUT2D eigenvalue weighted by molar-refractivity contribution is -0.181. The summed E-state index contributed by atoms with van der Waals surface area (Å²) in [6.07, 6.45) is 0.292. The highest BCUT2D eigenvalue weighted by Crippen LogP contribution is 2.15. The van der Waals surface area contributed by atoms with Gasteiger partial charge in [0.05, 0.1) is 16.8 Å². The Kier molecular flexibility index (Phi) is 8.55. The first-order valence-electron chi connectivity index (χ1n) is 6.32. The molecule has 0 amide bonds. The minimum Gasteiger partial charge on any atom is -0.462 e. The van der Waals surface area contributed by atoms with Crippen LogP contribution in [0.25, 0.3) is 0 Å². The monoisotopic (exact) mass is 304 g/mol. The van der Waals surface area contributed by atoms with E-state index in [1.807, 2.05) is 0 Å². The predicted octanol–water partition coefficient (Wildman–Crippen LogP) is -0.218. The number of ether oxygens (including phenoxy) is 4. The zero-order chi connectivity index (χ0) is 15.8. The molecule has 0 heterocycles. The van der Waals surface area contributed by atoms with Gasteiger partial charge >= 0.3 is 5.97 Å². The molecule has 0 fully saturated rings. The minimum absolute atomic E-state index is 0.215. The maximum atomic E-state index is 12.2. The summed E-state index contributed by atoms with van der Waals surface area (Å²) in [5.74, 6) is -0.681. The van der Waals surface area contributed by atoms with E-state index < -0.39 is 17.5 Å². The zero-order valence-corrected chi connectivity index (χ0v) is 14.9. The van der Waals surface area contributed by atoms with Gasteiger partial charge in [-0.05, 0) is 19.8 Å². The third-order valence-electron chi connectivity index (χ3n) is 3.00. The molecule has 0 saturated carbocycles. The van der Waals surface area contributed by atoms with Gasteiger partial charge in [0.2, 0.25) is 11.2 Å². The highest BCUT2D eigenvalue weighted by molar-refractivity contribution is 6.27. The van der Waals surface area contributed by atoms with Crippen molar-refractivity contribution >= 4 is 22.0 Å². The number of hydrogen-bond acceptors (Lipinski definition) is 6. The number of hydrogen-bond donors (Lipinski definition) is 0. The average Bonchev–Trinajstić information content (AvgIpc) is 2.45. The Morgan fingerprint density at radius 1 is 1.25 bits per heavy atom. The van der Waals surface area contributed by atoms with Crippen LogP contribution in [0.3, 0.4) is 0 Å². The highest BCUT2D eigenvalue weighted by atomic mass is 28.1. The summed E-state index contributed by atoms with van der Waals surface area (Å²) in [6, 6.07) is 0. The molecule has 0 rings (SSSR count). The highest BCUT2D eigenvalue weighted by Gasteiger charge is 2.37. The second kappa shape index (κ2) is 9.01. The standard InChI is InChI=1S/C13H24O6Si/c1-9(2)12(15)19-8-6-7-10(16-3)11(14)13(20,17-4)18-5/h10H,1,6-8H2,2-5,20H3. The van der Waals surface area contributed by atoms with Crippen molar-refractivity contribution in [1.82, 2.24) is 0 Å². The van der Waals surface area contributed by atoms with Gasteiger partial charge in [0.25, 0.3) is 0 Å². The van der Waals surface area contributed by atoms with Crippen molar-refractivity contribution in [3.05, 3.63) is 12.2 Å². The summed E-state index contributed by atoms with van der Waals surface area (Å²) in [5, 5.41) is 0. The van der Waals surface area contributed by atoms with Gasteiger partial charge in [0, 0.05) is 26.9 Å². The molecule has 0 aliphatic carbocycles.